The maximum absolute atomic E-state index is 13.9. The molecule has 1 atom stereocenters. The van der Waals surface area contributed by atoms with Gasteiger partial charge in [0.2, 0.25) is 0 Å². The Labute approximate surface area is 275 Å². The quantitative estimate of drug-likeness (QED) is 0.142. The lowest BCUT2D eigenvalue weighted by Gasteiger charge is -2.21. The molecule has 0 spiro atoms. The largest absolute Gasteiger partial charge is 0.441 e. The summed E-state index contributed by atoms with van der Waals surface area (Å²) in [6.07, 6.45) is 1.48. The Morgan fingerprint density at radius 3 is 2.44 bits per heavy atom. The maximum Gasteiger partial charge on any atom is 0.412 e. The second-order valence-electron chi connectivity index (χ2n) is 11.2. The first-order valence-electron chi connectivity index (χ1n) is 16.1. The number of esters is 1. The summed E-state index contributed by atoms with van der Waals surface area (Å²) in [7, 11) is 1.58. The molecule has 264 valence electrons. The monoisotopic (exact) mass is 680 g/mol. The minimum Gasteiger partial charge on any atom is -0.441 e. The number of halogens is 3. The number of nitrogens with zero attached hydrogens (tertiary/aromatic N) is 6. The van der Waals surface area contributed by atoms with Gasteiger partial charge in [-0.15, -0.1) is 0 Å². The molecule has 0 aliphatic heterocycles. The Bertz CT molecular complexity index is 1730. The first-order valence-corrected chi connectivity index (χ1v) is 16.1. The Morgan fingerprint density at radius 1 is 1.04 bits per heavy atom. The molecule has 0 saturated carbocycles. The van der Waals surface area contributed by atoms with E-state index in [9.17, 15) is 27.6 Å². The van der Waals surface area contributed by atoms with Crippen LogP contribution in [0.1, 0.15) is 59.1 Å². The van der Waals surface area contributed by atoms with Crippen LogP contribution < -0.4 is 11.2 Å². The van der Waals surface area contributed by atoms with Crippen molar-refractivity contribution in [1.82, 2.24) is 28.5 Å². The molecule has 1 aliphatic rings. The van der Waals surface area contributed by atoms with E-state index < -0.39 is 35.2 Å². The fraction of sp³-hybridized carbons (Fsp3) is 0.594. The van der Waals surface area contributed by atoms with Gasteiger partial charge in [-0.2, -0.15) is 18.3 Å². The maximum atomic E-state index is 13.9. The summed E-state index contributed by atoms with van der Waals surface area (Å²) in [6.45, 7) is 7.48. The van der Waals surface area contributed by atoms with Crippen molar-refractivity contribution in [1.29, 1.82) is 0 Å². The number of aryl methyl sites for hydroxylation is 1. The van der Waals surface area contributed by atoms with E-state index in [1.807, 2.05) is 6.92 Å². The average Bonchev–Trinajstić information content (AvgIpc) is 3.68. The van der Waals surface area contributed by atoms with E-state index in [4.69, 9.17) is 23.9 Å². The van der Waals surface area contributed by atoms with Gasteiger partial charge in [0.05, 0.1) is 57.8 Å². The molecule has 48 heavy (non-hydrogen) atoms. The average molecular weight is 681 g/mol. The molecule has 0 saturated heterocycles. The van der Waals surface area contributed by atoms with Crippen LogP contribution in [-0.2, 0) is 43.4 Å². The molecule has 3 aromatic heterocycles. The fourth-order valence-electron chi connectivity index (χ4n) is 5.45. The van der Waals surface area contributed by atoms with E-state index in [-0.39, 0.29) is 75.5 Å². The molecule has 0 fully saturated rings. The fourth-order valence-corrected chi connectivity index (χ4v) is 5.45. The molecule has 0 N–H and O–H groups in total. The van der Waals surface area contributed by atoms with Crippen LogP contribution in [0.3, 0.4) is 0 Å². The van der Waals surface area contributed by atoms with Crippen molar-refractivity contribution >= 4 is 17.1 Å². The molecule has 1 aliphatic carbocycles. The zero-order valence-corrected chi connectivity index (χ0v) is 27.8. The van der Waals surface area contributed by atoms with Crippen LogP contribution in [0, 0.1) is 0 Å². The van der Waals surface area contributed by atoms with Crippen LogP contribution >= 0.6 is 0 Å². The third-order valence-electron chi connectivity index (χ3n) is 7.76. The summed E-state index contributed by atoms with van der Waals surface area (Å²) >= 11 is 0. The summed E-state index contributed by atoms with van der Waals surface area (Å²) in [5.74, 6) is -0.350. The molecular weight excluding hydrogens is 637 g/mol. The van der Waals surface area contributed by atoms with E-state index in [2.05, 4.69) is 5.10 Å². The number of alkyl halides is 3. The molecule has 16 heteroatoms. The standard InChI is InChI=1S/C32H43F3N6O7/c1-5-12-40-30(43)27-29(39(7-3)31(40)44)37-28(23-19-36-38(21-23)20-22-9-8-10-24(18-22)32(33,34)35)41(27)25(6-2)48-26(42)11-13-46-16-17-47-15-14-45-4/h9,18-19,21,25H,5-8,10-17,20H2,1-4H3. The third-order valence-corrected chi connectivity index (χ3v) is 7.76. The molecule has 0 amide bonds. The van der Waals surface area contributed by atoms with Gasteiger partial charge in [0.1, 0.15) is 5.82 Å². The van der Waals surface area contributed by atoms with E-state index in [1.165, 1.54) is 20.0 Å². The Balaban J connectivity index is 1.68. The minimum absolute atomic E-state index is 0.0588. The Kier molecular flexibility index (Phi) is 12.9. The number of methoxy groups -OCH3 is 1. The zero-order valence-electron chi connectivity index (χ0n) is 27.8. The summed E-state index contributed by atoms with van der Waals surface area (Å²) in [6, 6.07) is 0. The summed E-state index contributed by atoms with van der Waals surface area (Å²) in [5.41, 5.74) is -0.576. The number of imidazole rings is 1. The number of carbonyl (C=O) groups excluding carboxylic acids is 1. The second kappa shape index (κ2) is 16.9. The number of hydrogen-bond acceptors (Lipinski definition) is 9. The van der Waals surface area contributed by atoms with E-state index in [0.717, 1.165) is 10.6 Å². The van der Waals surface area contributed by atoms with E-state index in [1.54, 1.807) is 33.2 Å². The zero-order chi connectivity index (χ0) is 34.8. The molecule has 1 unspecified atom stereocenters. The van der Waals surface area contributed by atoms with Gasteiger partial charge < -0.3 is 18.9 Å². The highest BCUT2D eigenvalue weighted by Gasteiger charge is 2.34. The molecular formula is C32H43F3N6O7. The van der Waals surface area contributed by atoms with Crippen molar-refractivity contribution in [2.75, 3.05) is 40.1 Å². The predicted octanol–water partition coefficient (Wildman–Crippen LogP) is 4.38. The van der Waals surface area contributed by atoms with Crippen molar-refractivity contribution in [3.63, 3.8) is 0 Å². The SMILES string of the molecule is CCCn1c(=O)c2c(nc(-c3cnn(CC4=CCCC(C(F)(F)F)=C4)c3)n2C(CC)OC(=O)CCOCCOCCOC)n(CC)c1=O. The van der Waals surface area contributed by atoms with Gasteiger partial charge in [-0.05, 0) is 37.8 Å². The van der Waals surface area contributed by atoms with Crippen molar-refractivity contribution < 1.29 is 36.9 Å². The van der Waals surface area contributed by atoms with Crippen LogP contribution in [0.5, 0.6) is 0 Å². The van der Waals surface area contributed by atoms with Gasteiger partial charge >= 0.3 is 17.8 Å². The Morgan fingerprint density at radius 2 is 1.77 bits per heavy atom. The number of aromatic nitrogens is 6. The molecule has 0 aromatic carbocycles. The lowest BCUT2D eigenvalue weighted by atomic mass is 9.99. The number of hydrogen-bond donors (Lipinski definition) is 0. The van der Waals surface area contributed by atoms with Crippen LogP contribution in [0.15, 0.2) is 45.3 Å². The molecule has 13 nitrogen and oxygen atoms in total. The van der Waals surface area contributed by atoms with Crippen molar-refractivity contribution in [2.45, 2.75) is 84.9 Å². The molecule has 0 radical (unpaired) electrons. The summed E-state index contributed by atoms with van der Waals surface area (Å²) in [4.78, 5) is 44.9. The van der Waals surface area contributed by atoms with Gasteiger partial charge in [-0.25, -0.2) is 9.78 Å². The van der Waals surface area contributed by atoms with Gasteiger partial charge in [-0.1, -0.05) is 19.9 Å². The van der Waals surface area contributed by atoms with Gasteiger partial charge in [0.15, 0.2) is 17.4 Å². The van der Waals surface area contributed by atoms with Crippen molar-refractivity contribution in [3.05, 3.63) is 56.5 Å². The highest BCUT2D eigenvalue weighted by Crippen LogP contribution is 2.34. The lowest BCUT2D eigenvalue weighted by molar-refractivity contribution is -0.155. The highest BCUT2D eigenvalue weighted by molar-refractivity contribution is 5.77. The normalized spacial score (nSPS) is 14.3. The van der Waals surface area contributed by atoms with Crippen molar-refractivity contribution in [2.24, 2.45) is 0 Å². The van der Waals surface area contributed by atoms with E-state index >= 15 is 0 Å². The Hall–Kier alpha value is -4.02. The number of rotatable bonds is 18. The molecule has 3 aromatic rings. The molecule has 3 heterocycles. The number of fused-ring (bicyclic) bond motifs is 1. The third kappa shape index (κ3) is 8.71. The predicted molar refractivity (Wildman–Crippen MR) is 170 cm³/mol. The smallest absolute Gasteiger partial charge is 0.412 e. The summed E-state index contributed by atoms with van der Waals surface area (Å²) < 4.78 is 67.2. The number of allylic oxidation sites excluding steroid dienone is 4. The topological polar surface area (TPSA) is 134 Å². The van der Waals surface area contributed by atoms with E-state index in [0.29, 0.717) is 37.4 Å². The minimum atomic E-state index is -4.41. The molecule has 0 bridgehead atoms. The molecule has 4 rings (SSSR count). The number of ether oxygens (including phenoxy) is 4. The highest BCUT2D eigenvalue weighted by atomic mass is 19.4. The van der Waals surface area contributed by atoms with Crippen LogP contribution in [-0.4, -0.2) is 80.8 Å². The first kappa shape index (κ1) is 36.8. The van der Waals surface area contributed by atoms with Gasteiger partial charge in [-0.3, -0.25) is 28.0 Å². The van der Waals surface area contributed by atoms with Crippen LogP contribution in [0.25, 0.3) is 22.6 Å². The van der Waals surface area contributed by atoms with Crippen LogP contribution in [0.4, 0.5) is 13.2 Å². The second-order valence-corrected chi connectivity index (χ2v) is 11.2. The van der Waals surface area contributed by atoms with Gasteiger partial charge in [0, 0.05) is 38.4 Å². The van der Waals surface area contributed by atoms with Crippen LogP contribution in [0.2, 0.25) is 0 Å². The van der Waals surface area contributed by atoms with Gasteiger partial charge in [0.25, 0.3) is 5.56 Å². The van der Waals surface area contributed by atoms with Crippen molar-refractivity contribution in [3.8, 4) is 11.4 Å². The number of carbonyl (C=O) groups is 1. The first-order chi connectivity index (χ1) is 23.0. The lowest BCUT2D eigenvalue weighted by Crippen LogP contribution is -2.40. The summed E-state index contributed by atoms with van der Waals surface area (Å²) in [5, 5.41) is 4.36.